The Morgan fingerprint density at radius 1 is 1.41 bits per heavy atom. The van der Waals surface area contributed by atoms with E-state index in [2.05, 4.69) is 4.74 Å². The van der Waals surface area contributed by atoms with Crippen LogP contribution in [0.15, 0.2) is 24.3 Å². The molecule has 0 amide bonds. The zero-order valence-electron chi connectivity index (χ0n) is 8.78. The standard InChI is InChI=1S/C10H10F3NO3/c1-9(14,8(15)16)6-3-2-4-7(5-6)17-10(11,12)13/h2-5H,14H2,1H3,(H,15,16). The first-order valence-corrected chi connectivity index (χ1v) is 4.51. The molecule has 0 saturated heterocycles. The van der Waals surface area contributed by atoms with Crippen molar-refractivity contribution >= 4 is 5.97 Å². The SMILES string of the molecule is CC(N)(C(=O)O)c1cccc(OC(F)(F)F)c1. The molecule has 0 aliphatic carbocycles. The minimum atomic E-state index is -4.83. The number of ether oxygens (including phenoxy) is 1. The fraction of sp³-hybridized carbons (Fsp3) is 0.300. The number of alkyl halides is 3. The molecule has 0 aromatic heterocycles. The summed E-state index contributed by atoms with van der Waals surface area (Å²) in [7, 11) is 0. The number of halogens is 3. The van der Waals surface area contributed by atoms with Crippen molar-refractivity contribution in [3.8, 4) is 5.75 Å². The van der Waals surface area contributed by atoms with E-state index in [1.807, 2.05) is 0 Å². The van der Waals surface area contributed by atoms with Crippen LogP contribution in [0.3, 0.4) is 0 Å². The first kappa shape index (κ1) is 13.3. The third-order valence-electron chi connectivity index (χ3n) is 2.11. The van der Waals surface area contributed by atoms with Gasteiger partial charge < -0.3 is 15.6 Å². The van der Waals surface area contributed by atoms with Crippen LogP contribution in [0, 0.1) is 0 Å². The lowest BCUT2D eigenvalue weighted by Gasteiger charge is -2.20. The molecule has 3 N–H and O–H groups in total. The van der Waals surface area contributed by atoms with Gasteiger partial charge in [0, 0.05) is 0 Å². The highest BCUT2D eigenvalue weighted by molar-refractivity contribution is 5.80. The molecule has 1 aromatic rings. The van der Waals surface area contributed by atoms with Gasteiger partial charge in [0.05, 0.1) is 0 Å². The van der Waals surface area contributed by atoms with E-state index in [4.69, 9.17) is 10.8 Å². The molecule has 0 saturated carbocycles. The van der Waals surface area contributed by atoms with Gasteiger partial charge >= 0.3 is 12.3 Å². The van der Waals surface area contributed by atoms with Crippen molar-refractivity contribution in [3.05, 3.63) is 29.8 Å². The number of nitrogens with two attached hydrogens (primary N) is 1. The number of rotatable bonds is 3. The van der Waals surface area contributed by atoms with Gasteiger partial charge in [0.1, 0.15) is 11.3 Å². The van der Waals surface area contributed by atoms with Crippen LogP contribution in [0.25, 0.3) is 0 Å². The highest BCUT2D eigenvalue weighted by atomic mass is 19.4. The van der Waals surface area contributed by atoms with E-state index in [1.54, 1.807) is 0 Å². The van der Waals surface area contributed by atoms with Crippen LogP contribution in [0.5, 0.6) is 5.75 Å². The average molecular weight is 249 g/mol. The lowest BCUT2D eigenvalue weighted by atomic mass is 9.93. The van der Waals surface area contributed by atoms with Crippen molar-refractivity contribution < 1.29 is 27.8 Å². The summed E-state index contributed by atoms with van der Waals surface area (Å²) in [5.74, 6) is -1.85. The Bertz CT molecular complexity index is 429. The summed E-state index contributed by atoms with van der Waals surface area (Å²) in [6, 6.07) is 4.57. The molecule has 0 spiro atoms. The normalized spacial score (nSPS) is 15.1. The molecule has 0 heterocycles. The lowest BCUT2D eigenvalue weighted by molar-refractivity contribution is -0.274. The molecule has 7 heteroatoms. The second-order valence-electron chi connectivity index (χ2n) is 3.58. The number of hydrogen-bond acceptors (Lipinski definition) is 3. The van der Waals surface area contributed by atoms with Crippen LogP contribution in [0.1, 0.15) is 12.5 Å². The lowest BCUT2D eigenvalue weighted by Crippen LogP contribution is -2.41. The first-order chi connectivity index (χ1) is 7.63. The third kappa shape index (κ3) is 3.35. The van der Waals surface area contributed by atoms with Crippen LogP contribution in [0.2, 0.25) is 0 Å². The minimum absolute atomic E-state index is 0.0201. The minimum Gasteiger partial charge on any atom is -0.480 e. The first-order valence-electron chi connectivity index (χ1n) is 4.51. The fourth-order valence-corrected chi connectivity index (χ4v) is 1.14. The molecular formula is C10H10F3NO3. The summed E-state index contributed by atoms with van der Waals surface area (Å²) >= 11 is 0. The highest BCUT2D eigenvalue weighted by Crippen LogP contribution is 2.27. The fourth-order valence-electron chi connectivity index (χ4n) is 1.14. The molecule has 0 fully saturated rings. The van der Waals surface area contributed by atoms with Crippen LogP contribution in [-0.4, -0.2) is 17.4 Å². The van der Waals surface area contributed by atoms with Crippen molar-refractivity contribution in [3.63, 3.8) is 0 Å². The quantitative estimate of drug-likeness (QED) is 0.857. The van der Waals surface area contributed by atoms with Crippen molar-refractivity contribution in [1.82, 2.24) is 0 Å². The molecule has 1 atom stereocenters. The predicted octanol–water partition coefficient (Wildman–Crippen LogP) is 1.84. The Morgan fingerprint density at radius 2 is 2.00 bits per heavy atom. The van der Waals surface area contributed by atoms with E-state index >= 15 is 0 Å². The molecular weight excluding hydrogens is 239 g/mol. The Hall–Kier alpha value is -1.76. The molecule has 1 aromatic carbocycles. The zero-order valence-corrected chi connectivity index (χ0v) is 8.78. The Kier molecular flexibility index (Phi) is 3.33. The summed E-state index contributed by atoms with van der Waals surface area (Å²) in [5.41, 5.74) is 3.72. The molecule has 4 nitrogen and oxygen atoms in total. The Labute approximate surface area is 94.8 Å². The molecule has 0 bridgehead atoms. The molecule has 1 rings (SSSR count). The van der Waals surface area contributed by atoms with Crippen LogP contribution < -0.4 is 10.5 Å². The summed E-state index contributed by atoms with van der Waals surface area (Å²) in [5, 5.41) is 8.83. The molecule has 0 radical (unpaired) electrons. The van der Waals surface area contributed by atoms with Crippen LogP contribution in [0.4, 0.5) is 13.2 Å². The summed E-state index contributed by atoms with van der Waals surface area (Å²) in [6.45, 7) is 1.18. The van der Waals surface area contributed by atoms with E-state index in [9.17, 15) is 18.0 Å². The van der Waals surface area contributed by atoms with Crippen molar-refractivity contribution in [2.75, 3.05) is 0 Å². The monoisotopic (exact) mass is 249 g/mol. The number of aliphatic carboxylic acids is 1. The summed E-state index contributed by atoms with van der Waals surface area (Å²) < 4.78 is 39.5. The van der Waals surface area contributed by atoms with Gasteiger partial charge in [-0.3, -0.25) is 0 Å². The van der Waals surface area contributed by atoms with E-state index in [0.717, 1.165) is 12.1 Å². The Balaban J connectivity index is 3.06. The van der Waals surface area contributed by atoms with Crippen LogP contribution >= 0.6 is 0 Å². The number of carboxylic acid groups (broad SMARTS) is 1. The van der Waals surface area contributed by atoms with Gasteiger partial charge in [-0.25, -0.2) is 4.79 Å². The Morgan fingerprint density at radius 3 is 2.47 bits per heavy atom. The molecule has 1 unspecified atom stereocenters. The van der Waals surface area contributed by atoms with E-state index in [0.29, 0.717) is 0 Å². The second kappa shape index (κ2) is 4.25. The number of benzene rings is 1. The number of carboxylic acids is 1. The summed E-state index contributed by atoms with van der Waals surface area (Å²) in [6.07, 6.45) is -4.83. The van der Waals surface area contributed by atoms with Crippen molar-refractivity contribution in [2.24, 2.45) is 5.73 Å². The van der Waals surface area contributed by atoms with Gasteiger partial charge in [0.25, 0.3) is 0 Å². The van der Waals surface area contributed by atoms with E-state index in [-0.39, 0.29) is 5.56 Å². The number of hydrogen-bond donors (Lipinski definition) is 2. The van der Waals surface area contributed by atoms with Crippen LogP contribution in [-0.2, 0) is 10.3 Å². The maximum atomic E-state index is 12.0. The maximum absolute atomic E-state index is 12.0. The largest absolute Gasteiger partial charge is 0.573 e. The molecule has 0 aliphatic rings. The third-order valence-corrected chi connectivity index (χ3v) is 2.11. The second-order valence-corrected chi connectivity index (χ2v) is 3.58. The van der Waals surface area contributed by atoms with Gasteiger partial charge in [-0.1, -0.05) is 12.1 Å². The summed E-state index contributed by atoms with van der Waals surface area (Å²) in [4.78, 5) is 10.8. The topological polar surface area (TPSA) is 72.6 Å². The van der Waals surface area contributed by atoms with E-state index in [1.165, 1.54) is 19.1 Å². The molecule has 94 valence electrons. The highest BCUT2D eigenvalue weighted by Gasteiger charge is 2.33. The molecule has 0 aliphatic heterocycles. The molecule has 17 heavy (non-hydrogen) atoms. The van der Waals surface area contributed by atoms with E-state index < -0.39 is 23.6 Å². The zero-order chi connectivity index (χ0) is 13.3. The van der Waals surface area contributed by atoms with Gasteiger partial charge in [0.15, 0.2) is 0 Å². The number of carbonyl (C=O) groups is 1. The van der Waals surface area contributed by atoms with Crippen molar-refractivity contribution in [1.29, 1.82) is 0 Å². The van der Waals surface area contributed by atoms with Gasteiger partial charge in [-0.05, 0) is 24.6 Å². The van der Waals surface area contributed by atoms with Gasteiger partial charge in [0.2, 0.25) is 0 Å². The van der Waals surface area contributed by atoms with Crippen molar-refractivity contribution in [2.45, 2.75) is 18.8 Å². The average Bonchev–Trinajstić information content (AvgIpc) is 2.15. The van der Waals surface area contributed by atoms with Gasteiger partial charge in [-0.15, -0.1) is 13.2 Å². The smallest absolute Gasteiger partial charge is 0.480 e. The predicted molar refractivity (Wildman–Crippen MR) is 52.3 cm³/mol. The van der Waals surface area contributed by atoms with Gasteiger partial charge in [-0.2, -0.15) is 0 Å². The maximum Gasteiger partial charge on any atom is 0.573 e.